The third-order valence-electron chi connectivity index (χ3n) is 4.26. The molecule has 0 atom stereocenters. The molecule has 0 fully saturated rings. The van der Waals surface area contributed by atoms with Gasteiger partial charge in [-0.1, -0.05) is 78.9 Å². The van der Waals surface area contributed by atoms with Gasteiger partial charge in [0.25, 0.3) is 0 Å². The maximum atomic E-state index is 5.25. The van der Waals surface area contributed by atoms with Crippen LogP contribution in [0.1, 0.15) is 22.3 Å². The van der Waals surface area contributed by atoms with E-state index in [0.717, 1.165) is 22.3 Å². The third kappa shape index (κ3) is 8.63. The fourth-order valence-electron chi connectivity index (χ4n) is 2.69. The fraction of sp³-hybridized carbons (Fsp3) is 0.0833. The molecule has 0 amide bonds. The van der Waals surface area contributed by atoms with Crippen LogP contribution in [-0.4, -0.2) is 22.7 Å². The molecule has 6 nitrogen and oxygen atoms in total. The van der Waals surface area contributed by atoms with Gasteiger partial charge in [-0.05, 0) is 52.8 Å². The quantitative estimate of drug-likeness (QED) is 0.234. The Kier molecular flexibility index (Phi) is 9.32. The zero-order valence-electron chi connectivity index (χ0n) is 17.4. The maximum absolute atomic E-state index is 5.25. The lowest BCUT2D eigenvalue weighted by molar-refractivity contribution is 0.868. The van der Waals surface area contributed by atoms with Gasteiger partial charge in [0.1, 0.15) is 0 Å². The summed E-state index contributed by atoms with van der Waals surface area (Å²) in [7, 11) is 0. The predicted octanol–water partition coefficient (Wildman–Crippen LogP) is 3.68. The summed E-state index contributed by atoms with van der Waals surface area (Å²) >= 11 is 10.5. The highest BCUT2D eigenvalue weighted by Gasteiger charge is 1.96. The number of hydrogen-bond acceptors (Lipinski definition) is 4. The highest BCUT2D eigenvalue weighted by molar-refractivity contribution is 7.80. The van der Waals surface area contributed by atoms with Crippen molar-refractivity contribution < 1.29 is 0 Å². The molecule has 0 radical (unpaired) electrons. The van der Waals surface area contributed by atoms with Gasteiger partial charge < -0.3 is 10.6 Å². The molecule has 3 aromatic rings. The van der Waals surface area contributed by atoms with E-state index in [9.17, 15) is 0 Å². The summed E-state index contributed by atoms with van der Waals surface area (Å²) in [5, 5.41) is 15.5. The predicted molar refractivity (Wildman–Crippen MR) is 140 cm³/mol. The van der Waals surface area contributed by atoms with Crippen LogP contribution in [0.15, 0.2) is 95.1 Å². The van der Waals surface area contributed by atoms with Crippen molar-refractivity contribution >= 4 is 47.1 Å². The van der Waals surface area contributed by atoms with Gasteiger partial charge in [0.05, 0.1) is 12.4 Å². The molecule has 0 aliphatic rings. The van der Waals surface area contributed by atoms with Crippen molar-refractivity contribution in [3.63, 3.8) is 0 Å². The van der Waals surface area contributed by atoms with Gasteiger partial charge in [-0.3, -0.25) is 10.9 Å². The molecule has 0 saturated carbocycles. The number of hydrogen-bond donors (Lipinski definition) is 4. The summed E-state index contributed by atoms with van der Waals surface area (Å²) < 4.78 is 0. The SMILES string of the molecule is S=C(NCc1ccccc1)N/N=C/c1cccc(/C=N/NC(=S)NCc2ccccc2)c1. The van der Waals surface area contributed by atoms with Crippen LogP contribution < -0.4 is 21.5 Å². The minimum Gasteiger partial charge on any atom is -0.357 e. The zero-order chi connectivity index (χ0) is 22.4. The fourth-order valence-corrected chi connectivity index (χ4v) is 2.94. The van der Waals surface area contributed by atoms with Gasteiger partial charge >= 0.3 is 0 Å². The lowest BCUT2D eigenvalue weighted by atomic mass is 10.1. The molecule has 3 rings (SSSR count). The summed E-state index contributed by atoms with van der Waals surface area (Å²) in [5.41, 5.74) is 9.78. The molecule has 0 saturated heterocycles. The van der Waals surface area contributed by atoms with Gasteiger partial charge in [-0.25, -0.2) is 0 Å². The number of nitrogens with zero attached hydrogens (tertiary/aromatic N) is 2. The van der Waals surface area contributed by atoms with Gasteiger partial charge in [0.2, 0.25) is 0 Å². The van der Waals surface area contributed by atoms with E-state index in [1.165, 1.54) is 0 Å². The van der Waals surface area contributed by atoms with Crippen molar-refractivity contribution in [1.82, 2.24) is 21.5 Å². The van der Waals surface area contributed by atoms with E-state index in [1.54, 1.807) is 12.4 Å². The molecule has 0 aliphatic heterocycles. The van der Waals surface area contributed by atoms with Crippen molar-refractivity contribution in [2.45, 2.75) is 13.1 Å². The molecule has 0 bridgehead atoms. The van der Waals surface area contributed by atoms with Crippen molar-refractivity contribution in [2.24, 2.45) is 10.2 Å². The van der Waals surface area contributed by atoms with E-state index in [2.05, 4.69) is 31.7 Å². The van der Waals surface area contributed by atoms with Crippen LogP contribution >= 0.6 is 24.4 Å². The monoisotopic (exact) mass is 460 g/mol. The number of benzene rings is 3. The standard InChI is InChI=1S/C24H24N6S2/c31-23(25-15-19-8-3-1-4-9-19)29-27-17-21-12-7-13-22(14-21)18-28-30-24(32)26-16-20-10-5-2-6-11-20/h1-14,17-18H,15-16H2,(H2,25,29,31)(H2,26,30,32)/b27-17+,28-18+. The summed E-state index contributed by atoms with van der Waals surface area (Å²) in [6.07, 6.45) is 3.40. The van der Waals surface area contributed by atoms with Crippen molar-refractivity contribution in [2.75, 3.05) is 0 Å². The lowest BCUT2D eigenvalue weighted by Gasteiger charge is -2.07. The molecule has 0 spiro atoms. The maximum Gasteiger partial charge on any atom is 0.187 e. The largest absolute Gasteiger partial charge is 0.357 e. The molecule has 0 aliphatic carbocycles. The van der Waals surface area contributed by atoms with Crippen LogP contribution in [0.25, 0.3) is 0 Å². The second-order valence-electron chi connectivity index (χ2n) is 6.75. The van der Waals surface area contributed by atoms with Crippen LogP contribution in [0.5, 0.6) is 0 Å². The topological polar surface area (TPSA) is 72.8 Å². The van der Waals surface area contributed by atoms with Gasteiger partial charge in [0.15, 0.2) is 10.2 Å². The Morgan fingerprint density at radius 1 is 0.625 bits per heavy atom. The molecule has 4 N–H and O–H groups in total. The Labute approximate surface area is 198 Å². The first kappa shape index (κ1) is 23.1. The second kappa shape index (κ2) is 12.9. The summed E-state index contributed by atoms with van der Waals surface area (Å²) in [6.45, 7) is 1.28. The van der Waals surface area contributed by atoms with Gasteiger partial charge in [-0.15, -0.1) is 0 Å². The first-order chi connectivity index (χ1) is 15.7. The number of rotatable bonds is 8. The molecule has 0 unspecified atom stereocenters. The molecule has 32 heavy (non-hydrogen) atoms. The van der Waals surface area contributed by atoms with Crippen LogP contribution in [0, 0.1) is 0 Å². The van der Waals surface area contributed by atoms with E-state index in [0.29, 0.717) is 23.3 Å². The van der Waals surface area contributed by atoms with Crippen LogP contribution in [0.2, 0.25) is 0 Å². The van der Waals surface area contributed by atoms with E-state index in [4.69, 9.17) is 24.4 Å². The van der Waals surface area contributed by atoms with E-state index in [1.807, 2.05) is 84.9 Å². The minimum absolute atomic E-state index is 0.462. The van der Waals surface area contributed by atoms with Crippen LogP contribution in [-0.2, 0) is 13.1 Å². The minimum atomic E-state index is 0.462. The highest BCUT2D eigenvalue weighted by Crippen LogP contribution is 2.01. The normalized spacial score (nSPS) is 10.8. The summed E-state index contributed by atoms with van der Waals surface area (Å²) in [4.78, 5) is 0. The third-order valence-corrected chi connectivity index (χ3v) is 4.73. The average molecular weight is 461 g/mol. The van der Waals surface area contributed by atoms with Crippen molar-refractivity contribution in [3.05, 3.63) is 107 Å². The molecule has 8 heteroatoms. The number of thiocarbonyl (C=S) groups is 2. The second-order valence-corrected chi connectivity index (χ2v) is 7.56. The molecular weight excluding hydrogens is 436 g/mol. The molecule has 162 valence electrons. The first-order valence-corrected chi connectivity index (χ1v) is 10.8. The lowest BCUT2D eigenvalue weighted by Crippen LogP contribution is -2.31. The molecule has 3 aromatic carbocycles. The smallest absolute Gasteiger partial charge is 0.187 e. The van der Waals surface area contributed by atoms with Crippen LogP contribution in [0.3, 0.4) is 0 Å². The Bertz CT molecular complexity index is 985. The van der Waals surface area contributed by atoms with Crippen molar-refractivity contribution in [1.29, 1.82) is 0 Å². The Morgan fingerprint density at radius 3 is 1.50 bits per heavy atom. The Balaban J connectivity index is 1.41. The summed E-state index contributed by atoms with van der Waals surface area (Å²) in [6, 6.07) is 27.9. The van der Waals surface area contributed by atoms with Crippen LogP contribution in [0.4, 0.5) is 0 Å². The van der Waals surface area contributed by atoms with Gasteiger partial charge in [-0.2, -0.15) is 10.2 Å². The molecule has 0 aromatic heterocycles. The van der Waals surface area contributed by atoms with E-state index in [-0.39, 0.29) is 0 Å². The number of nitrogens with one attached hydrogen (secondary N) is 4. The zero-order valence-corrected chi connectivity index (χ0v) is 19.0. The van der Waals surface area contributed by atoms with E-state index < -0.39 is 0 Å². The Hall–Kier alpha value is -3.62. The van der Waals surface area contributed by atoms with Crippen molar-refractivity contribution in [3.8, 4) is 0 Å². The van der Waals surface area contributed by atoms with Gasteiger partial charge in [0, 0.05) is 13.1 Å². The highest BCUT2D eigenvalue weighted by atomic mass is 32.1. The average Bonchev–Trinajstić information content (AvgIpc) is 2.83. The molecular formula is C24H24N6S2. The molecule has 0 heterocycles. The number of hydrazone groups is 2. The van der Waals surface area contributed by atoms with E-state index >= 15 is 0 Å². The Morgan fingerprint density at radius 2 is 1.06 bits per heavy atom. The summed E-state index contributed by atoms with van der Waals surface area (Å²) in [5.74, 6) is 0. The first-order valence-electron chi connectivity index (χ1n) is 10.0.